The van der Waals surface area contributed by atoms with E-state index in [-0.39, 0.29) is 66.2 Å². The fraction of sp³-hybridized carbons (Fsp3) is 0.325. The molecule has 4 rings (SSSR count). The van der Waals surface area contributed by atoms with Crippen LogP contribution in [-0.2, 0) is 22.4 Å². The van der Waals surface area contributed by atoms with E-state index in [2.05, 4.69) is 10.6 Å². The molecule has 0 atom stereocenters. The minimum absolute atomic E-state index is 0.0363. The molecule has 0 aliphatic heterocycles. The Morgan fingerprint density at radius 2 is 1.38 bits per heavy atom. The number of nitrogens with zero attached hydrogens (tertiary/aromatic N) is 4. The fourth-order valence-electron chi connectivity index (χ4n) is 5.54. The van der Waals surface area contributed by atoms with Crippen molar-refractivity contribution in [2.75, 3.05) is 56.5 Å². The van der Waals surface area contributed by atoms with Crippen LogP contribution in [0.2, 0.25) is 0 Å². The van der Waals surface area contributed by atoms with Crippen molar-refractivity contribution in [3.05, 3.63) is 127 Å². The normalized spacial score (nSPS) is 10.6. The van der Waals surface area contributed by atoms with E-state index < -0.39 is 27.7 Å². The third-order valence-electron chi connectivity index (χ3n) is 8.67. The Kier molecular flexibility index (Phi) is 14.6. The minimum atomic E-state index is -0.837. The van der Waals surface area contributed by atoms with Crippen molar-refractivity contribution in [1.29, 1.82) is 0 Å². The number of esters is 2. The highest BCUT2D eigenvalue weighted by Gasteiger charge is 2.26. The van der Waals surface area contributed by atoms with E-state index >= 15 is 0 Å². The number of benzene rings is 4. The van der Waals surface area contributed by atoms with E-state index in [4.69, 9.17) is 9.47 Å². The number of rotatable bonds is 19. The average Bonchev–Trinajstić information content (AvgIpc) is 3.16. The van der Waals surface area contributed by atoms with Gasteiger partial charge in [-0.3, -0.25) is 25.0 Å². The molecule has 0 saturated carbocycles. The fourth-order valence-corrected chi connectivity index (χ4v) is 5.54. The van der Waals surface area contributed by atoms with E-state index in [0.717, 1.165) is 35.5 Å². The number of hydrogen-bond acceptors (Lipinski definition) is 12. The lowest BCUT2D eigenvalue weighted by molar-refractivity contribution is -0.385. The molecule has 1 amide bonds. The highest BCUT2D eigenvalue weighted by molar-refractivity contribution is 6.06. The van der Waals surface area contributed by atoms with Crippen LogP contribution in [0.25, 0.3) is 0 Å². The van der Waals surface area contributed by atoms with Gasteiger partial charge in [-0.1, -0.05) is 31.5 Å². The summed E-state index contributed by atoms with van der Waals surface area (Å²) in [4.78, 5) is 66.2. The van der Waals surface area contributed by atoms with Crippen molar-refractivity contribution in [2.45, 2.75) is 45.6 Å². The third-order valence-corrected chi connectivity index (χ3v) is 8.67. The van der Waals surface area contributed by atoms with Crippen LogP contribution in [-0.4, -0.2) is 69.1 Å². The Hall–Kier alpha value is -6.51. The molecule has 4 aromatic rings. The Balaban J connectivity index is 1.48. The number of carbonyl (C=O) groups excluding carboxylic acids is 3. The summed E-state index contributed by atoms with van der Waals surface area (Å²) in [5.41, 5.74) is 2.94. The van der Waals surface area contributed by atoms with Crippen molar-refractivity contribution in [2.24, 2.45) is 0 Å². The van der Waals surface area contributed by atoms with Crippen molar-refractivity contribution < 1.29 is 33.7 Å². The molecule has 0 heterocycles. The second-order valence-electron chi connectivity index (χ2n) is 13.2. The predicted octanol–water partition coefficient (Wildman–Crippen LogP) is 7.45. The number of unbranched alkanes of at least 4 members (excludes halogenated alkanes) is 2. The van der Waals surface area contributed by atoms with Crippen LogP contribution in [0.4, 0.5) is 34.1 Å². The molecule has 0 radical (unpaired) electrons. The molecule has 15 heteroatoms. The van der Waals surface area contributed by atoms with Gasteiger partial charge in [-0.05, 0) is 73.7 Å². The van der Waals surface area contributed by atoms with E-state index in [1.54, 1.807) is 6.07 Å². The van der Waals surface area contributed by atoms with Crippen molar-refractivity contribution >= 4 is 52.0 Å². The zero-order chi connectivity index (χ0) is 40.1. The molecule has 15 nitrogen and oxygen atoms in total. The largest absolute Gasteiger partial charge is 0.462 e. The number of nitrogens with one attached hydrogen (secondary N) is 2. The van der Waals surface area contributed by atoms with Gasteiger partial charge >= 0.3 is 11.9 Å². The molecule has 0 aliphatic carbocycles. The maximum absolute atomic E-state index is 13.5. The van der Waals surface area contributed by atoms with Gasteiger partial charge in [0.25, 0.3) is 17.3 Å². The van der Waals surface area contributed by atoms with Crippen LogP contribution >= 0.6 is 0 Å². The summed E-state index contributed by atoms with van der Waals surface area (Å²) < 4.78 is 10.8. The van der Waals surface area contributed by atoms with Crippen LogP contribution in [0.5, 0.6) is 0 Å². The van der Waals surface area contributed by atoms with Crippen molar-refractivity contribution in [1.82, 2.24) is 5.32 Å². The van der Waals surface area contributed by atoms with Gasteiger partial charge < -0.3 is 29.9 Å². The van der Waals surface area contributed by atoms with E-state index in [0.29, 0.717) is 24.2 Å². The molecular weight excluding hydrogens is 708 g/mol. The number of amides is 1. The monoisotopic (exact) mass is 754 g/mol. The number of nitro groups is 2. The van der Waals surface area contributed by atoms with Gasteiger partial charge in [0.2, 0.25) is 0 Å². The molecule has 290 valence electrons. The molecule has 0 saturated heterocycles. The number of ether oxygens (including phenoxy) is 2. The lowest BCUT2D eigenvalue weighted by atomic mass is 9.97. The van der Waals surface area contributed by atoms with E-state index in [9.17, 15) is 34.6 Å². The molecule has 4 aromatic carbocycles. The predicted molar refractivity (Wildman–Crippen MR) is 211 cm³/mol. The smallest absolute Gasteiger partial charge is 0.340 e. The second-order valence-corrected chi connectivity index (χ2v) is 13.2. The van der Waals surface area contributed by atoms with Gasteiger partial charge in [0.1, 0.15) is 0 Å². The van der Waals surface area contributed by atoms with Crippen LogP contribution < -0.4 is 20.4 Å². The molecule has 55 heavy (non-hydrogen) atoms. The molecule has 0 fully saturated rings. The molecule has 0 aliphatic rings. The van der Waals surface area contributed by atoms with Gasteiger partial charge in [-0.2, -0.15) is 0 Å². The summed E-state index contributed by atoms with van der Waals surface area (Å²) in [7, 11) is 7.60. The summed E-state index contributed by atoms with van der Waals surface area (Å²) >= 11 is 0. The van der Waals surface area contributed by atoms with E-state index in [1.165, 1.54) is 18.2 Å². The molecule has 0 aromatic heterocycles. The number of non-ortho nitro benzene ring substituents is 1. The lowest BCUT2D eigenvalue weighted by Gasteiger charge is -2.16. The SMILES string of the molecule is CCCCOC(=O)c1cc([N+](=O)[O-])c(CCCCOC(=O)c2cc([N+](=O)[O-])ccc2Nc2cccc(N(C)C)c2)cc1C(=O)NCc1ccc(N(C)C)cc1. The number of anilines is 4. The number of aryl methyl sites for hydroxylation is 1. The van der Waals surface area contributed by atoms with E-state index in [1.807, 2.05) is 87.4 Å². The first-order chi connectivity index (χ1) is 26.3. The summed E-state index contributed by atoms with van der Waals surface area (Å²) in [6.45, 7) is 2.08. The molecule has 0 bridgehead atoms. The Bertz CT molecular complexity index is 2020. The summed E-state index contributed by atoms with van der Waals surface area (Å²) in [5.74, 6) is -2.22. The van der Waals surface area contributed by atoms with Gasteiger partial charge in [0.15, 0.2) is 0 Å². The molecule has 2 N–H and O–H groups in total. The van der Waals surface area contributed by atoms with Crippen LogP contribution in [0.15, 0.2) is 78.9 Å². The first kappa shape index (κ1) is 41.2. The van der Waals surface area contributed by atoms with Gasteiger partial charge in [-0.25, -0.2) is 9.59 Å². The summed E-state index contributed by atoms with van der Waals surface area (Å²) in [6.07, 6.45) is 2.06. The maximum Gasteiger partial charge on any atom is 0.340 e. The quantitative estimate of drug-likeness (QED) is 0.0418. The Morgan fingerprint density at radius 3 is 2.02 bits per heavy atom. The topological polar surface area (TPSA) is 186 Å². The number of nitro benzene ring substituents is 2. The van der Waals surface area contributed by atoms with Gasteiger partial charge in [-0.15, -0.1) is 0 Å². The molecule has 0 spiro atoms. The zero-order valence-electron chi connectivity index (χ0n) is 31.6. The maximum atomic E-state index is 13.5. The van der Waals surface area contributed by atoms with Crippen LogP contribution in [0.3, 0.4) is 0 Å². The van der Waals surface area contributed by atoms with Gasteiger partial charge in [0, 0.05) is 75.6 Å². The lowest BCUT2D eigenvalue weighted by Crippen LogP contribution is -2.26. The highest BCUT2D eigenvalue weighted by atomic mass is 16.6. The number of hydrogen-bond donors (Lipinski definition) is 2. The van der Waals surface area contributed by atoms with Crippen LogP contribution in [0.1, 0.15) is 74.8 Å². The summed E-state index contributed by atoms with van der Waals surface area (Å²) in [6, 6.07) is 21.2. The zero-order valence-corrected chi connectivity index (χ0v) is 31.6. The third kappa shape index (κ3) is 11.5. The molecular formula is C40H46N6O9. The second kappa shape index (κ2) is 19.5. The van der Waals surface area contributed by atoms with Crippen LogP contribution in [0, 0.1) is 20.2 Å². The molecule has 0 unspecified atom stereocenters. The van der Waals surface area contributed by atoms with Gasteiger partial charge in [0.05, 0.1) is 45.4 Å². The average molecular weight is 755 g/mol. The standard InChI is InChI=1S/C40H46N6O9/c1-6-7-20-54-39(48)34-25-37(46(52)53)28(22-33(34)38(47)41-26-27-14-16-30(17-15-27)43(2)3)11-8-9-21-55-40(49)35-24-32(45(50)51)18-19-36(35)42-29-12-10-13-31(23-29)44(4)5/h10,12-19,22-25,42H,6-9,11,20-21,26H2,1-5H3,(H,41,47). The van der Waals surface area contributed by atoms with Crippen molar-refractivity contribution in [3.63, 3.8) is 0 Å². The number of carbonyl (C=O) groups is 3. The Morgan fingerprint density at radius 1 is 0.709 bits per heavy atom. The summed E-state index contributed by atoms with van der Waals surface area (Å²) in [5, 5.41) is 29.6. The van der Waals surface area contributed by atoms with Crippen molar-refractivity contribution in [3.8, 4) is 0 Å². The minimum Gasteiger partial charge on any atom is -0.462 e. The Labute approximate surface area is 319 Å². The first-order valence-electron chi connectivity index (χ1n) is 17.8. The highest BCUT2D eigenvalue weighted by Crippen LogP contribution is 2.29. The first-order valence-corrected chi connectivity index (χ1v) is 17.8.